The van der Waals surface area contributed by atoms with Crippen LogP contribution < -0.4 is 11.3 Å². The second-order valence-electron chi connectivity index (χ2n) is 3.73. The highest BCUT2D eigenvalue weighted by molar-refractivity contribution is 5.03. The maximum absolute atomic E-state index is 10.8. The first-order valence-corrected chi connectivity index (χ1v) is 4.69. The molecule has 0 bridgehead atoms. The summed E-state index contributed by atoms with van der Waals surface area (Å²) in [5, 5.41) is 2.32. The number of rotatable bonds is 1. The lowest BCUT2D eigenvalue weighted by molar-refractivity contribution is 0.306. The van der Waals surface area contributed by atoms with Gasteiger partial charge in [0.1, 0.15) is 5.76 Å². The highest BCUT2D eigenvalue weighted by Gasteiger charge is 2.22. The predicted octanol–water partition coefficient (Wildman–Crippen LogP) is 0.953. The molecule has 1 aromatic heterocycles. The van der Waals surface area contributed by atoms with E-state index in [1.165, 1.54) is 0 Å². The molecule has 1 saturated carbocycles. The molecule has 1 aliphatic rings. The van der Waals surface area contributed by atoms with Crippen LogP contribution in [-0.2, 0) is 0 Å². The molecule has 1 heterocycles. The molecule has 72 valence electrons. The van der Waals surface area contributed by atoms with Crippen LogP contribution in [0, 0.1) is 0 Å². The monoisotopic (exact) mass is 182 g/mol. The molecular weight excluding hydrogens is 168 g/mol. The first-order chi connectivity index (χ1) is 6.25. The van der Waals surface area contributed by atoms with Gasteiger partial charge >= 0.3 is 0 Å². The minimum atomic E-state index is -0.148. The first-order valence-electron chi connectivity index (χ1n) is 4.69. The summed E-state index contributed by atoms with van der Waals surface area (Å²) < 4.78 is 5.06. The van der Waals surface area contributed by atoms with Crippen LogP contribution in [0.3, 0.4) is 0 Å². The molecule has 1 fully saturated rings. The summed E-state index contributed by atoms with van der Waals surface area (Å²) in [6.45, 7) is 0. The smallest absolute Gasteiger partial charge is 0.280 e. The summed E-state index contributed by atoms with van der Waals surface area (Å²) in [6.07, 6.45) is 4.11. The van der Waals surface area contributed by atoms with Crippen molar-refractivity contribution in [2.75, 3.05) is 0 Å². The average Bonchev–Trinajstić information content (AvgIpc) is 2.53. The van der Waals surface area contributed by atoms with Gasteiger partial charge in [-0.25, -0.2) is 0 Å². The Kier molecular flexibility index (Phi) is 2.22. The number of hydrogen-bond acceptors (Lipinski definition) is 3. The lowest BCUT2D eigenvalue weighted by Gasteiger charge is -2.23. The zero-order valence-corrected chi connectivity index (χ0v) is 7.45. The van der Waals surface area contributed by atoms with Gasteiger partial charge in [-0.15, -0.1) is 0 Å². The summed E-state index contributed by atoms with van der Waals surface area (Å²) in [4.78, 5) is 10.8. The Labute approximate surface area is 76.1 Å². The van der Waals surface area contributed by atoms with Crippen molar-refractivity contribution >= 4 is 0 Å². The van der Waals surface area contributed by atoms with E-state index in [9.17, 15) is 4.79 Å². The van der Waals surface area contributed by atoms with Gasteiger partial charge in [-0.1, -0.05) is 0 Å². The average molecular weight is 182 g/mol. The van der Waals surface area contributed by atoms with Crippen LogP contribution in [0.15, 0.2) is 15.4 Å². The van der Waals surface area contributed by atoms with E-state index in [1.54, 1.807) is 6.07 Å². The normalized spacial score (nSPS) is 29.0. The van der Waals surface area contributed by atoms with Gasteiger partial charge < -0.3 is 10.3 Å². The fraction of sp³-hybridized carbons (Fsp3) is 0.667. The number of aromatic amines is 1. The summed E-state index contributed by atoms with van der Waals surface area (Å²) in [5.41, 5.74) is 5.63. The second kappa shape index (κ2) is 3.38. The lowest BCUT2D eigenvalue weighted by atomic mass is 9.85. The highest BCUT2D eigenvalue weighted by atomic mass is 16.5. The van der Waals surface area contributed by atoms with Crippen molar-refractivity contribution in [2.45, 2.75) is 37.6 Å². The molecule has 0 radical (unpaired) electrons. The molecule has 0 aromatic carbocycles. The van der Waals surface area contributed by atoms with Gasteiger partial charge in [0.15, 0.2) is 0 Å². The summed E-state index contributed by atoms with van der Waals surface area (Å²) in [7, 11) is 0. The molecule has 0 spiro atoms. The number of aromatic nitrogens is 1. The fourth-order valence-electron chi connectivity index (χ4n) is 1.90. The van der Waals surface area contributed by atoms with E-state index < -0.39 is 0 Å². The topological polar surface area (TPSA) is 72.0 Å². The standard InChI is InChI=1S/C9H14N2O2/c10-7-3-1-6(2-4-7)8-5-9(12)11-13-8/h5-7H,1-4,10H2,(H,11,12). The van der Waals surface area contributed by atoms with Gasteiger partial charge in [-0.2, -0.15) is 5.16 Å². The third-order valence-corrected chi connectivity index (χ3v) is 2.72. The van der Waals surface area contributed by atoms with Gasteiger partial charge in [0.05, 0.1) is 0 Å². The van der Waals surface area contributed by atoms with Gasteiger partial charge in [0.2, 0.25) is 0 Å². The van der Waals surface area contributed by atoms with Crippen LogP contribution in [0.25, 0.3) is 0 Å². The molecule has 1 aliphatic carbocycles. The first kappa shape index (κ1) is 8.56. The van der Waals surface area contributed by atoms with Crippen molar-refractivity contribution in [3.63, 3.8) is 0 Å². The minimum Gasteiger partial charge on any atom is -0.383 e. The molecule has 4 nitrogen and oxygen atoms in total. The molecule has 2 rings (SSSR count). The highest BCUT2D eigenvalue weighted by Crippen LogP contribution is 2.31. The Balaban J connectivity index is 2.06. The largest absolute Gasteiger partial charge is 0.383 e. The van der Waals surface area contributed by atoms with Gasteiger partial charge in [0.25, 0.3) is 5.56 Å². The summed E-state index contributed by atoms with van der Waals surface area (Å²) in [5.74, 6) is 1.18. The van der Waals surface area contributed by atoms with E-state index in [2.05, 4.69) is 5.16 Å². The van der Waals surface area contributed by atoms with Crippen LogP contribution in [0.4, 0.5) is 0 Å². The molecule has 0 atom stereocenters. The van der Waals surface area contributed by atoms with Gasteiger partial charge in [0, 0.05) is 18.0 Å². The van der Waals surface area contributed by atoms with E-state index in [4.69, 9.17) is 10.3 Å². The summed E-state index contributed by atoms with van der Waals surface area (Å²) in [6, 6.07) is 1.88. The Bertz CT molecular complexity index is 320. The number of nitrogens with one attached hydrogen (secondary N) is 1. The van der Waals surface area contributed by atoms with Crippen molar-refractivity contribution < 1.29 is 4.52 Å². The van der Waals surface area contributed by atoms with Crippen molar-refractivity contribution in [3.05, 3.63) is 22.2 Å². The van der Waals surface area contributed by atoms with Crippen LogP contribution in [0.5, 0.6) is 0 Å². The number of H-pyrrole nitrogens is 1. The van der Waals surface area contributed by atoms with Crippen molar-refractivity contribution in [1.82, 2.24) is 5.16 Å². The molecule has 0 unspecified atom stereocenters. The number of nitrogens with two attached hydrogens (primary N) is 1. The quantitative estimate of drug-likeness (QED) is 0.679. The van der Waals surface area contributed by atoms with E-state index in [1.807, 2.05) is 0 Å². The summed E-state index contributed by atoms with van der Waals surface area (Å²) >= 11 is 0. The van der Waals surface area contributed by atoms with Crippen LogP contribution in [0.2, 0.25) is 0 Å². The molecule has 3 N–H and O–H groups in total. The van der Waals surface area contributed by atoms with Crippen molar-refractivity contribution in [3.8, 4) is 0 Å². The van der Waals surface area contributed by atoms with Gasteiger partial charge in [-0.3, -0.25) is 4.79 Å². The van der Waals surface area contributed by atoms with Gasteiger partial charge in [-0.05, 0) is 25.7 Å². The van der Waals surface area contributed by atoms with Crippen LogP contribution in [-0.4, -0.2) is 11.2 Å². The molecule has 4 heteroatoms. The van der Waals surface area contributed by atoms with E-state index >= 15 is 0 Å². The molecule has 13 heavy (non-hydrogen) atoms. The number of hydrogen-bond donors (Lipinski definition) is 2. The third-order valence-electron chi connectivity index (χ3n) is 2.72. The van der Waals surface area contributed by atoms with Crippen molar-refractivity contribution in [1.29, 1.82) is 0 Å². The molecular formula is C9H14N2O2. The second-order valence-corrected chi connectivity index (χ2v) is 3.73. The lowest BCUT2D eigenvalue weighted by Crippen LogP contribution is -2.25. The Morgan fingerprint density at radius 3 is 2.62 bits per heavy atom. The Hall–Kier alpha value is -1.03. The van der Waals surface area contributed by atoms with E-state index in [0.29, 0.717) is 12.0 Å². The maximum atomic E-state index is 10.8. The Morgan fingerprint density at radius 2 is 2.08 bits per heavy atom. The minimum absolute atomic E-state index is 0.148. The van der Waals surface area contributed by atoms with Crippen molar-refractivity contribution in [2.24, 2.45) is 5.73 Å². The predicted molar refractivity (Wildman–Crippen MR) is 48.5 cm³/mol. The van der Waals surface area contributed by atoms with Crippen LogP contribution >= 0.6 is 0 Å². The molecule has 1 aromatic rings. The SMILES string of the molecule is NC1CCC(c2cc(=O)[nH]o2)CC1. The maximum Gasteiger partial charge on any atom is 0.280 e. The fourth-order valence-corrected chi connectivity index (χ4v) is 1.90. The Morgan fingerprint density at radius 1 is 1.38 bits per heavy atom. The third kappa shape index (κ3) is 1.83. The van der Waals surface area contributed by atoms with E-state index in [-0.39, 0.29) is 5.56 Å². The zero-order valence-electron chi connectivity index (χ0n) is 7.45. The van der Waals surface area contributed by atoms with E-state index in [0.717, 1.165) is 31.4 Å². The zero-order chi connectivity index (χ0) is 9.26. The van der Waals surface area contributed by atoms with Crippen LogP contribution in [0.1, 0.15) is 37.4 Å². The molecule has 0 aliphatic heterocycles. The molecule has 0 saturated heterocycles. The molecule has 0 amide bonds.